The number of carbonyl (C=O) groups is 1. The van der Waals surface area contributed by atoms with Crippen LogP contribution in [0.3, 0.4) is 0 Å². The Morgan fingerprint density at radius 2 is 2.36 bits per heavy atom. The average Bonchev–Trinajstić information content (AvgIpc) is 2.77. The van der Waals surface area contributed by atoms with Crippen LogP contribution in [0, 0.1) is 0 Å². The number of nitrogens with zero attached hydrogens (tertiary/aromatic N) is 1. The van der Waals surface area contributed by atoms with E-state index in [0.717, 1.165) is 22.2 Å². The van der Waals surface area contributed by atoms with Gasteiger partial charge in [-0.1, -0.05) is 0 Å². The van der Waals surface area contributed by atoms with Crippen molar-refractivity contribution in [2.45, 2.75) is 6.54 Å². The van der Waals surface area contributed by atoms with Crippen LogP contribution in [0.5, 0.6) is 0 Å². The van der Waals surface area contributed by atoms with Gasteiger partial charge in [0.05, 0.1) is 3.79 Å². The standard InChI is InChI=1S/C10H8BrNOS/c11-10-9(2-4-14-10)6-12-3-1-8(5-12)7-13/h1-5,7H,6H2. The van der Waals surface area contributed by atoms with Crippen molar-refractivity contribution in [3.63, 3.8) is 0 Å². The second kappa shape index (κ2) is 4.11. The van der Waals surface area contributed by atoms with Gasteiger partial charge in [-0.3, -0.25) is 4.79 Å². The summed E-state index contributed by atoms with van der Waals surface area (Å²) in [5.74, 6) is 0. The Morgan fingerprint density at radius 1 is 1.50 bits per heavy atom. The van der Waals surface area contributed by atoms with E-state index >= 15 is 0 Å². The molecule has 14 heavy (non-hydrogen) atoms. The minimum Gasteiger partial charge on any atom is -0.349 e. The van der Waals surface area contributed by atoms with Crippen molar-refractivity contribution >= 4 is 33.6 Å². The van der Waals surface area contributed by atoms with Crippen LogP contribution in [0.4, 0.5) is 0 Å². The van der Waals surface area contributed by atoms with Gasteiger partial charge in [-0.25, -0.2) is 0 Å². The lowest BCUT2D eigenvalue weighted by molar-refractivity contribution is 0.112. The SMILES string of the molecule is O=Cc1ccn(Cc2ccsc2Br)c1. The minimum absolute atomic E-state index is 0.719. The number of aromatic nitrogens is 1. The zero-order chi connectivity index (χ0) is 9.97. The van der Waals surface area contributed by atoms with Crippen molar-refractivity contribution in [3.05, 3.63) is 44.8 Å². The summed E-state index contributed by atoms with van der Waals surface area (Å²) in [5.41, 5.74) is 1.96. The fourth-order valence-corrected chi connectivity index (χ4v) is 2.47. The lowest BCUT2D eigenvalue weighted by Crippen LogP contribution is -1.94. The van der Waals surface area contributed by atoms with Gasteiger partial charge in [0, 0.05) is 24.5 Å². The first-order chi connectivity index (χ1) is 6.79. The quantitative estimate of drug-likeness (QED) is 0.785. The summed E-state index contributed by atoms with van der Waals surface area (Å²) < 4.78 is 3.15. The molecule has 0 spiro atoms. The molecule has 2 aromatic rings. The van der Waals surface area contributed by atoms with E-state index < -0.39 is 0 Å². The first-order valence-electron chi connectivity index (χ1n) is 4.12. The van der Waals surface area contributed by atoms with Crippen LogP contribution in [0.1, 0.15) is 15.9 Å². The van der Waals surface area contributed by atoms with Crippen molar-refractivity contribution in [1.82, 2.24) is 4.57 Å². The Kier molecular flexibility index (Phi) is 2.84. The largest absolute Gasteiger partial charge is 0.349 e. The van der Waals surface area contributed by atoms with Crippen LogP contribution in [-0.2, 0) is 6.54 Å². The van der Waals surface area contributed by atoms with Gasteiger partial charge in [0.1, 0.15) is 0 Å². The molecule has 0 saturated carbocycles. The van der Waals surface area contributed by atoms with Crippen LogP contribution >= 0.6 is 27.3 Å². The molecule has 0 amide bonds. The summed E-state index contributed by atoms with van der Waals surface area (Å²) in [6.07, 6.45) is 4.62. The highest BCUT2D eigenvalue weighted by molar-refractivity contribution is 9.11. The molecule has 0 N–H and O–H groups in total. The number of thiophene rings is 1. The third kappa shape index (κ3) is 1.96. The molecule has 2 nitrogen and oxygen atoms in total. The maximum absolute atomic E-state index is 10.5. The fraction of sp³-hybridized carbons (Fsp3) is 0.100. The first-order valence-corrected chi connectivity index (χ1v) is 5.79. The zero-order valence-corrected chi connectivity index (χ0v) is 9.72. The highest BCUT2D eigenvalue weighted by atomic mass is 79.9. The molecular formula is C10H8BrNOS. The van der Waals surface area contributed by atoms with E-state index in [9.17, 15) is 4.79 Å². The van der Waals surface area contributed by atoms with Gasteiger partial charge in [0.15, 0.2) is 6.29 Å². The van der Waals surface area contributed by atoms with Crippen molar-refractivity contribution in [2.75, 3.05) is 0 Å². The molecule has 72 valence electrons. The second-order valence-electron chi connectivity index (χ2n) is 2.95. The summed E-state index contributed by atoms with van der Waals surface area (Å²) >= 11 is 5.15. The van der Waals surface area contributed by atoms with Crippen LogP contribution < -0.4 is 0 Å². The molecule has 0 saturated heterocycles. The van der Waals surface area contributed by atoms with Crippen molar-refractivity contribution in [2.24, 2.45) is 0 Å². The Hall–Kier alpha value is -0.870. The van der Waals surface area contributed by atoms with Crippen molar-refractivity contribution in [3.8, 4) is 0 Å². The maximum Gasteiger partial charge on any atom is 0.151 e. The highest BCUT2D eigenvalue weighted by Gasteiger charge is 2.02. The number of halogens is 1. The van der Waals surface area contributed by atoms with Crippen molar-refractivity contribution < 1.29 is 4.79 Å². The maximum atomic E-state index is 10.5. The fourth-order valence-electron chi connectivity index (χ4n) is 1.26. The molecule has 0 aliphatic heterocycles. The van der Waals surface area contributed by atoms with Gasteiger partial charge in [-0.05, 0) is 39.0 Å². The summed E-state index contributed by atoms with van der Waals surface area (Å²) in [6.45, 7) is 0.803. The Morgan fingerprint density at radius 3 is 2.93 bits per heavy atom. The monoisotopic (exact) mass is 269 g/mol. The molecule has 0 atom stereocenters. The summed E-state index contributed by atoms with van der Waals surface area (Å²) in [4.78, 5) is 10.5. The normalized spacial score (nSPS) is 10.4. The molecule has 0 aliphatic carbocycles. The first kappa shape index (κ1) is 9.68. The molecule has 0 radical (unpaired) electrons. The number of hydrogen-bond acceptors (Lipinski definition) is 2. The summed E-state index contributed by atoms with van der Waals surface area (Å²) in [7, 11) is 0. The highest BCUT2D eigenvalue weighted by Crippen LogP contribution is 2.24. The average molecular weight is 270 g/mol. The van der Waals surface area contributed by atoms with E-state index in [4.69, 9.17) is 0 Å². The Balaban J connectivity index is 2.18. The molecule has 2 aromatic heterocycles. The Labute approximate surface area is 94.3 Å². The number of aldehydes is 1. The van der Waals surface area contributed by atoms with E-state index in [0.29, 0.717) is 0 Å². The smallest absolute Gasteiger partial charge is 0.151 e. The van der Waals surface area contributed by atoms with Crippen LogP contribution in [0.25, 0.3) is 0 Å². The summed E-state index contributed by atoms with van der Waals surface area (Å²) in [6, 6.07) is 3.89. The van der Waals surface area contributed by atoms with Gasteiger partial charge in [0.25, 0.3) is 0 Å². The lowest BCUT2D eigenvalue weighted by atomic mass is 10.3. The topological polar surface area (TPSA) is 22.0 Å². The lowest BCUT2D eigenvalue weighted by Gasteiger charge is -2.00. The van der Waals surface area contributed by atoms with Crippen LogP contribution in [0.15, 0.2) is 33.7 Å². The molecule has 0 unspecified atom stereocenters. The number of carbonyl (C=O) groups excluding carboxylic acids is 1. The molecule has 4 heteroatoms. The molecule has 0 aliphatic rings. The Bertz CT molecular complexity index is 446. The van der Waals surface area contributed by atoms with E-state index in [1.165, 1.54) is 5.56 Å². The van der Waals surface area contributed by atoms with Gasteiger partial charge < -0.3 is 4.57 Å². The van der Waals surface area contributed by atoms with E-state index in [1.54, 1.807) is 11.3 Å². The van der Waals surface area contributed by atoms with Gasteiger partial charge in [-0.2, -0.15) is 0 Å². The van der Waals surface area contributed by atoms with Gasteiger partial charge >= 0.3 is 0 Å². The minimum atomic E-state index is 0.719. The predicted molar refractivity (Wildman–Crippen MR) is 60.9 cm³/mol. The van der Waals surface area contributed by atoms with E-state index in [1.807, 2.05) is 28.4 Å². The van der Waals surface area contributed by atoms with Gasteiger partial charge in [-0.15, -0.1) is 11.3 Å². The summed E-state index contributed by atoms with van der Waals surface area (Å²) in [5, 5.41) is 2.05. The number of hydrogen-bond donors (Lipinski definition) is 0. The third-order valence-electron chi connectivity index (χ3n) is 1.96. The molecule has 2 rings (SSSR count). The van der Waals surface area contributed by atoms with E-state index in [-0.39, 0.29) is 0 Å². The molecule has 0 aromatic carbocycles. The van der Waals surface area contributed by atoms with E-state index in [2.05, 4.69) is 22.0 Å². The zero-order valence-electron chi connectivity index (χ0n) is 7.31. The van der Waals surface area contributed by atoms with Crippen LogP contribution in [0.2, 0.25) is 0 Å². The molecule has 0 bridgehead atoms. The van der Waals surface area contributed by atoms with Gasteiger partial charge in [0.2, 0.25) is 0 Å². The third-order valence-corrected chi connectivity index (χ3v) is 3.77. The molecule has 0 fully saturated rings. The van der Waals surface area contributed by atoms with Crippen molar-refractivity contribution in [1.29, 1.82) is 0 Å². The van der Waals surface area contributed by atoms with Crippen LogP contribution in [-0.4, -0.2) is 10.9 Å². The molecule has 2 heterocycles. The second-order valence-corrected chi connectivity index (χ2v) is 5.19. The predicted octanol–water partition coefficient (Wildman–Crippen LogP) is 3.17. The molecular weight excluding hydrogens is 262 g/mol. The number of rotatable bonds is 3.